The maximum absolute atomic E-state index is 12.3. The highest BCUT2D eigenvalue weighted by Gasteiger charge is 2.31. The number of anilines is 1. The molecule has 1 saturated heterocycles. The topological polar surface area (TPSA) is 110 Å². The number of nitrogens with zero attached hydrogens (tertiary/aromatic N) is 1. The summed E-state index contributed by atoms with van der Waals surface area (Å²) >= 11 is 0. The molecule has 3 N–H and O–H groups in total. The van der Waals surface area contributed by atoms with Gasteiger partial charge in [-0.1, -0.05) is 0 Å². The van der Waals surface area contributed by atoms with Crippen molar-refractivity contribution < 1.29 is 18.0 Å². The molecule has 0 aromatic heterocycles. The number of hydrogen-bond acceptors (Lipinski definition) is 4. The minimum atomic E-state index is -3.27. The molecule has 0 unspecified atom stereocenters. The Balaban J connectivity index is 2.01. The summed E-state index contributed by atoms with van der Waals surface area (Å²) in [7, 11) is -3.27. The number of nitrogens with one attached hydrogen (secondary N) is 1. The lowest BCUT2D eigenvalue weighted by atomic mass is 9.98. The molecule has 1 aliphatic heterocycles. The minimum Gasteiger partial charge on any atom is -0.366 e. The molecule has 8 heteroatoms. The monoisotopic (exact) mass is 339 g/mol. The Hall–Kier alpha value is -1.93. The molecule has 1 atom stereocenters. The fourth-order valence-corrected chi connectivity index (χ4v) is 3.73. The number of carbonyl (C=O) groups excluding carboxylic acids is 2. The molecule has 1 aromatic carbocycles. The third kappa shape index (κ3) is 4.29. The summed E-state index contributed by atoms with van der Waals surface area (Å²) in [5.41, 5.74) is 6.08. The van der Waals surface area contributed by atoms with Crippen molar-refractivity contribution in [2.75, 3.05) is 24.2 Å². The van der Waals surface area contributed by atoms with Crippen molar-refractivity contribution in [2.24, 2.45) is 11.7 Å². The maximum Gasteiger partial charge on any atom is 0.248 e. The summed E-state index contributed by atoms with van der Waals surface area (Å²) in [6.07, 6.45) is 1.32. The van der Waals surface area contributed by atoms with Crippen molar-refractivity contribution in [3.63, 3.8) is 0 Å². The van der Waals surface area contributed by atoms with Gasteiger partial charge in [0.1, 0.15) is 0 Å². The van der Waals surface area contributed by atoms with Gasteiger partial charge in [0.15, 0.2) is 0 Å². The van der Waals surface area contributed by atoms with Gasteiger partial charge in [-0.3, -0.25) is 9.59 Å². The first kappa shape index (κ1) is 17.4. The average Bonchev–Trinajstić information content (AvgIpc) is 2.55. The van der Waals surface area contributed by atoms with E-state index in [4.69, 9.17) is 5.73 Å². The standard InChI is InChI=1S/C15H21N3O4S/c1-2-23(21,22)18-9-3-4-12(10-18)15(20)17-13-7-5-11(6-8-13)14(16)19/h5-8,12H,2-4,9-10H2,1H3,(H2,16,19)(H,17,20)/t12-/m1/s1. The van der Waals surface area contributed by atoms with Gasteiger partial charge in [0.2, 0.25) is 21.8 Å². The van der Waals surface area contributed by atoms with Crippen LogP contribution in [0.2, 0.25) is 0 Å². The quantitative estimate of drug-likeness (QED) is 0.826. The van der Waals surface area contributed by atoms with Gasteiger partial charge in [0.05, 0.1) is 11.7 Å². The van der Waals surface area contributed by atoms with Crippen LogP contribution in [0.25, 0.3) is 0 Å². The molecular weight excluding hydrogens is 318 g/mol. The van der Waals surface area contributed by atoms with E-state index >= 15 is 0 Å². The molecule has 0 radical (unpaired) electrons. The predicted molar refractivity (Wildman–Crippen MR) is 87.3 cm³/mol. The highest BCUT2D eigenvalue weighted by Crippen LogP contribution is 2.21. The Bertz CT molecular complexity index is 685. The van der Waals surface area contributed by atoms with Crippen LogP contribution in [0.3, 0.4) is 0 Å². The van der Waals surface area contributed by atoms with Crippen LogP contribution < -0.4 is 11.1 Å². The van der Waals surface area contributed by atoms with Gasteiger partial charge in [-0.25, -0.2) is 12.7 Å². The fraction of sp³-hybridized carbons (Fsp3) is 0.467. The molecule has 1 heterocycles. The first-order valence-corrected chi connectivity index (χ1v) is 9.13. The lowest BCUT2D eigenvalue weighted by molar-refractivity contribution is -0.120. The van der Waals surface area contributed by atoms with Crippen LogP contribution in [0, 0.1) is 5.92 Å². The second kappa shape index (κ2) is 7.10. The number of hydrogen-bond donors (Lipinski definition) is 2. The first-order chi connectivity index (χ1) is 10.8. The lowest BCUT2D eigenvalue weighted by Crippen LogP contribution is -2.44. The van der Waals surface area contributed by atoms with E-state index in [0.717, 1.165) is 0 Å². The summed E-state index contributed by atoms with van der Waals surface area (Å²) in [4.78, 5) is 23.3. The third-order valence-corrected chi connectivity index (χ3v) is 5.80. The van der Waals surface area contributed by atoms with Crippen molar-refractivity contribution in [1.29, 1.82) is 0 Å². The van der Waals surface area contributed by atoms with Gasteiger partial charge < -0.3 is 11.1 Å². The average molecular weight is 339 g/mol. The molecule has 2 amide bonds. The van der Waals surface area contributed by atoms with Crippen LogP contribution in [-0.4, -0.2) is 43.4 Å². The SMILES string of the molecule is CCS(=O)(=O)N1CCC[C@@H](C(=O)Nc2ccc(C(N)=O)cc2)C1. The Morgan fingerprint density at radius 1 is 1.30 bits per heavy atom. The number of benzene rings is 1. The van der Waals surface area contributed by atoms with E-state index in [9.17, 15) is 18.0 Å². The first-order valence-electron chi connectivity index (χ1n) is 7.52. The van der Waals surface area contributed by atoms with Crippen molar-refractivity contribution in [2.45, 2.75) is 19.8 Å². The normalized spacial score (nSPS) is 19.3. The molecular formula is C15H21N3O4S. The van der Waals surface area contributed by atoms with Gasteiger partial charge in [-0.15, -0.1) is 0 Å². The molecule has 1 aromatic rings. The molecule has 23 heavy (non-hydrogen) atoms. The molecule has 0 spiro atoms. The van der Waals surface area contributed by atoms with Crippen LogP contribution in [0.5, 0.6) is 0 Å². The second-order valence-electron chi connectivity index (χ2n) is 5.53. The summed E-state index contributed by atoms with van der Waals surface area (Å²) in [6.45, 7) is 2.27. The molecule has 126 valence electrons. The van der Waals surface area contributed by atoms with E-state index in [-0.39, 0.29) is 24.1 Å². The van der Waals surface area contributed by atoms with E-state index in [2.05, 4.69) is 5.32 Å². The van der Waals surface area contributed by atoms with E-state index < -0.39 is 15.9 Å². The number of amides is 2. The number of carbonyl (C=O) groups is 2. The van der Waals surface area contributed by atoms with Crippen LogP contribution in [-0.2, 0) is 14.8 Å². The van der Waals surface area contributed by atoms with E-state index in [1.165, 1.54) is 16.4 Å². The fourth-order valence-electron chi connectivity index (χ4n) is 2.55. The zero-order chi connectivity index (χ0) is 17.0. The van der Waals surface area contributed by atoms with Crippen LogP contribution >= 0.6 is 0 Å². The number of nitrogens with two attached hydrogens (primary N) is 1. The number of sulfonamides is 1. The van der Waals surface area contributed by atoms with Crippen molar-refractivity contribution in [3.05, 3.63) is 29.8 Å². The molecule has 1 fully saturated rings. The lowest BCUT2D eigenvalue weighted by Gasteiger charge is -2.30. The molecule has 0 aliphatic carbocycles. The van der Waals surface area contributed by atoms with Gasteiger partial charge in [0.25, 0.3) is 0 Å². The Morgan fingerprint density at radius 2 is 1.96 bits per heavy atom. The summed E-state index contributed by atoms with van der Waals surface area (Å²) in [5, 5.41) is 2.76. The molecule has 0 saturated carbocycles. The zero-order valence-electron chi connectivity index (χ0n) is 13.0. The van der Waals surface area contributed by atoms with Crippen molar-refractivity contribution in [3.8, 4) is 0 Å². The van der Waals surface area contributed by atoms with Crippen LogP contribution in [0.15, 0.2) is 24.3 Å². The highest BCUT2D eigenvalue weighted by molar-refractivity contribution is 7.89. The third-order valence-electron chi connectivity index (χ3n) is 3.95. The van der Waals surface area contributed by atoms with Gasteiger partial charge in [-0.05, 0) is 44.0 Å². The molecule has 0 bridgehead atoms. The summed E-state index contributed by atoms with van der Waals surface area (Å²) in [5.74, 6) is -1.08. The van der Waals surface area contributed by atoms with Gasteiger partial charge in [-0.2, -0.15) is 0 Å². The number of piperidine rings is 1. The molecule has 7 nitrogen and oxygen atoms in total. The molecule has 1 aliphatic rings. The van der Waals surface area contributed by atoms with E-state index in [1.807, 2.05) is 0 Å². The molecule has 2 rings (SSSR count). The van der Waals surface area contributed by atoms with Crippen molar-refractivity contribution in [1.82, 2.24) is 4.31 Å². The van der Waals surface area contributed by atoms with E-state index in [0.29, 0.717) is 30.6 Å². The number of primary amides is 1. The predicted octanol–water partition coefficient (Wildman–Crippen LogP) is 0.786. The summed E-state index contributed by atoms with van der Waals surface area (Å²) in [6, 6.07) is 6.27. The van der Waals surface area contributed by atoms with Gasteiger partial charge >= 0.3 is 0 Å². The Morgan fingerprint density at radius 3 is 2.52 bits per heavy atom. The maximum atomic E-state index is 12.3. The second-order valence-corrected chi connectivity index (χ2v) is 7.79. The summed E-state index contributed by atoms with van der Waals surface area (Å²) < 4.78 is 25.3. The zero-order valence-corrected chi connectivity index (χ0v) is 13.8. The smallest absolute Gasteiger partial charge is 0.248 e. The Kier molecular flexibility index (Phi) is 5.38. The minimum absolute atomic E-state index is 0.0376. The van der Waals surface area contributed by atoms with E-state index in [1.54, 1.807) is 19.1 Å². The highest BCUT2D eigenvalue weighted by atomic mass is 32.2. The van der Waals surface area contributed by atoms with Crippen LogP contribution in [0.1, 0.15) is 30.1 Å². The number of rotatable bonds is 5. The Labute approximate surface area is 135 Å². The van der Waals surface area contributed by atoms with Gasteiger partial charge in [0, 0.05) is 24.3 Å². The van der Waals surface area contributed by atoms with Crippen molar-refractivity contribution >= 4 is 27.5 Å². The largest absolute Gasteiger partial charge is 0.366 e. The van der Waals surface area contributed by atoms with Crippen LogP contribution in [0.4, 0.5) is 5.69 Å².